The number of hydrogen-bond donors (Lipinski definition) is 0. The molecule has 2 atom stereocenters. The van der Waals surface area contributed by atoms with Crippen molar-refractivity contribution in [2.24, 2.45) is 0 Å². The number of Topliss-reactive ketones (excluding diaryl/α,β-unsaturated/α-hetero) is 1. The molecule has 170 valence electrons. The maximum atomic E-state index is 12.7. The zero-order valence-electron chi connectivity index (χ0n) is 19.2. The van der Waals surface area contributed by atoms with Crippen molar-refractivity contribution in [3.8, 4) is 11.5 Å². The van der Waals surface area contributed by atoms with Crippen LogP contribution in [0.1, 0.15) is 56.0 Å². The van der Waals surface area contributed by atoms with Crippen LogP contribution in [0.25, 0.3) is 10.8 Å². The molecule has 33 heavy (non-hydrogen) atoms. The van der Waals surface area contributed by atoms with Gasteiger partial charge in [-0.1, -0.05) is 56.3 Å². The molecule has 3 aromatic carbocycles. The largest absolute Gasteiger partial charge is 0.454 e. The predicted molar refractivity (Wildman–Crippen MR) is 128 cm³/mol. The zero-order chi connectivity index (χ0) is 23.6. The highest BCUT2D eigenvalue weighted by molar-refractivity contribution is 6.03. The number of carbonyl (C=O) groups is 2. The Bertz CT molecular complexity index is 1210. The van der Waals surface area contributed by atoms with Gasteiger partial charge in [0, 0.05) is 5.57 Å². The molecule has 5 nitrogen and oxygen atoms in total. The lowest BCUT2D eigenvalue weighted by Gasteiger charge is -2.30. The van der Waals surface area contributed by atoms with Crippen molar-refractivity contribution in [1.82, 2.24) is 0 Å². The number of benzene rings is 3. The molecule has 0 amide bonds. The maximum Gasteiger partial charge on any atom is 0.333 e. The monoisotopic (exact) mass is 444 g/mol. The number of ketones is 1. The maximum absolute atomic E-state index is 12.7. The first kappa shape index (κ1) is 22.6. The fourth-order valence-electron chi connectivity index (χ4n) is 4.11. The van der Waals surface area contributed by atoms with Crippen molar-refractivity contribution >= 4 is 22.5 Å². The predicted octanol–water partition coefficient (Wildman–Crippen LogP) is 6.34. The van der Waals surface area contributed by atoms with Gasteiger partial charge in [-0.3, -0.25) is 4.79 Å². The SMILES string of the molecule is C=C(C)C(=O)OC(C)(CCC)c1ccc(OC2CC(=O)c3cc4ccccc4cc3O2)cc1. The van der Waals surface area contributed by atoms with Crippen LogP contribution in [0, 0.1) is 0 Å². The quantitative estimate of drug-likeness (QED) is 0.314. The third-order valence-corrected chi connectivity index (χ3v) is 5.88. The lowest BCUT2D eigenvalue weighted by molar-refractivity contribution is -0.155. The van der Waals surface area contributed by atoms with Crippen molar-refractivity contribution in [3.05, 3.63) is 83.9 Å². The van der Waals surface area contributed by atoms with Crippen molar-refractivity contribution in [2.45, 2.75) is 51.9 Å². The van der Waals surface area contributed by atoms with E-state index in [4.69, 9.17) is 14.2 Å². The molecular formula is C28H28O5. The first-order valence-electron chi connectivity index (χ1n) is 11.2. The van der Waals surface area contributed by atoms with Gasteiger partial charge in [-0.25, -0.2) is 4.79 Å². The van der Waals surface area contributed by atoms with E-state index < -0.39 is 17.9 Å². The molecule has 0 N–H and O–H groups in total. The minimum Gasteiger partial charge on any atom is -0.454 e. The Morgan fingerprint density at radius 2 is 1.79 bits per heavy atom. The van der Waals surface area contributed by atoms with Crippen LogP contribution in [-0.4, -0.2) is 18.0 Å². The summed E-state index contributed by atoms with van der Waals surface area (Å²) in [5, 5.41) is 2.01. The van der Waals surface area contributed by atoms with Crippen molar-refractivity contribution < 1.29 is 23.8 Å². The molecule has 5 heteroatoms. The second-order valence-electron chi connectivity index (χ2n) is 8.66. The molecule has 1 aliphatic rings. The summed E-state index contributed by atoms with van der Waals surface area (Å²) < 4.78 is 17.7. The van der Waals surface area contributed by atoms with Gasteiger partial charge in [-0.2, -0.15) is 0 Å². The fourth-order valence-corrected chi connectivity index (χ4v) is 4.11. The number of ether oxygens (including phenoxy) is 3. The number of carbonyl (C=O) groups excluding carboxylic acids is 2. The molecule has 0 radical (unpaired) electrons. The molecule has 1 heterocycles. The average Bonchev–Trinajstić information content (AvgIpc) is 2.78. The smallest absolute Gasteiger partial charge is 0.333 e. The molecule has 0 saturated carbocycles. The highest BCUT2D eigenvalue weighted by Gasteiger charge is 2.31. The van der Waals surface area contributed by atoms with Gasteiger partial charge in [0.1, 0.15) is 17.1 Å². The Kier molecular flexibility index (Phi) is 6.23. The average molecular weight is 445 g/mol. The van der Waals surface area contributed by atoms with Crippen LogP contribution in [0.3, 0.4) is 0 Å². The van der Waals surface area contributed by atoms with E-state index in [1.165, 1.54) is 0 Å². The summed E-state index contributed by atoms with van der Waals surface area (Å²) in [5.74, 6) is 0.692. The van der Waals surface area contributed by atoms with E-state index in [9.17, 15) is 9.59 Å². The molecule has 0 fully saturated rings. The summed E-state index contributed by atoms with van der Waals surface area (Å²) in [6, 6.07) is 19.0. The van der Waals surface area contributed by atoms with Crippen LogP contribution in [0.5, 0.6) is 11.5 Å². The van der Waals surface area contributed by atoms with E-state index in [2.05, 4.69) is 6.58 Å². The molecule has 1 aliphatic heterocycles. The van der Waals surface area contributed by atoms with E-state index in [-0.39, 0.29) is 12.2 Å². The van der Waals surface area contributed by atoms with E-state index >= 15 is 0 Å². The molecule has 4 rings (SSSR count). The van der Waals surface area contributed by atoms with E-state index in [1.54, 1.807) is 6.92 Å². The minimum absolute atomic E-state index is 0.00847. The van der Waals surface area contributed by atoms with Gasteiger partial charge in [-0.05, 0) is 60.9 Å². The first-order chi connectivity index (χ1) is 15.8. The van der Waals surface area contributed by atoms with Gasteiger partial charge < -0.3 is 14.2 Å². The lowest BCUT2D eigenvalue weighted by atomic mass is 9.91. The summed E-state index contributed by atoms with van der Waals surface area (Å²) in [4.78, 5) is 24.9. The molecule has 0 spiro atoms. The Hall–Kier alpha value is -3.60. The molecule has 0 saturated heterocycles. The highest BCUT2D eigenvalue weighted by Crippen LogP contribution is 2.35. The summed E-state index contributed by atoms with van der Waals surface area (Å²) in [7, 11) is 0. The van der Waals surface area contributed by atoms with Crippen LogP contribution >= 0.6 is 0 Å². The van der Waals surface area contributed by atoms with Gasteiger partial charge >= 0.3 is 5.97 Å². The number of fused-ring (bicyclic) bond motifs is 2. The highest BCUT2D eigenvalue weighted by atomic mass is 16.7. The number of rotatable bonds is 7. The molecule has 2 unspecified atom stereocenters. The molecular weight excluding hydrogens is 416 g/mol. The molecule has 0 aromatic heterocycles. The van der Waals surface area contributed by atoms with Crippen LogP contribution in [0.4, 0.5) is 0 Å². The molecule has 0 bridgehead atoms. The molecule has 0 aliphatic carbocycles. The van der Waals surface area contributed by atoms with Gasteiger partial charge in [0.05, 0.1) is 12.0 Å². The Balaban J connectivity index is 1.51. The van der Waals surface area contributed by atoms with Crippen molar-refractivity contribution in [3.63, 3.8) is 0 Å². The van der Waals surface area contributed by atoms with Crippen LogP contribution in [-0.2, 0) is 15.1 Å². The zero-order valence-corrected chi connectivity index (χ0v) is 19.2. The summed E-state index contributed by atoms with van der Waals surface area (Å²) in [6.07, 6.45) is 0.957. The lowest BCUT2D eigenvalue weighted by Crippen LogP contribution is -2.32. The van der Waals surface area contributed by atoms with Crippen molar-refractivity contribution in [2.75, 3.05) is 0 Å². The van der Waals surface area contributed by atoms with Gasteiger partial charge in [-0.15, -0.1) is 0 Å². The van der Waals surface area contributed by atoms with Crippen LogP contribution in [0.2, 0.25) is 0 Å². The van der Waals surface area contributed by atoms with Crippen molar-refractivity contribution in [1.29, 1.82) is 0 Å². The van der Waals surface area contributed by atoms with Gasteiger partial charge in [0.25, 0.3) is 0 Å². The summed E-state index contributed by atoms with van der Waals surface area (Å²) >= 11 is 0. The van der Waals surface area contributed by atoms with E-state index in [1.807, 2.05) is 74.5 Å². The third-order valence-electron chi connectivity index (χ3n) is 5.88. The Morgan fingerprint density at radius 3 is 2.42 bits per heavy atom. The second-order valence-corrected chi connectivity index (χ2v) is 8.66. The van der Waals surface area contributed by atoms with E-state index in [0.29, 0.717) is 29.1 Å². The summed E-state index contributed by atoms with van der Waals surface area (Å²) in [6.45, 7) is 9.26. The summed E-state index contributed by atoms with van der Waals surface area (Å²) in [5.41, 5.74) is 1.05. The first-order valence-corrected chi connectivity index (χ1v) is 11.2. The van der Waals surface area contributed by atoms with E-state index in [0.717, 1.165) is 22.8 Å². The second kappa shape index (κ2) is 9.10. The normalized spacial score (nSPS) is 16.9. The Labute approximate surface area is 194 Å². The third kappa shape index (κ3) is 4.77. The minimum atomic E-state index is -0.763. The molecule has 3 aromatic rings. The standard InChI is InChI=1S/C28H28O5/c1-5-14-28(4,33-27(30)18(2)3)21-10-12-22(13-11-21)31-26-17-24(29)23-15-19-8-6-7-9-20(19)16-25(23)32-26/h6-13,15-16,26H,2,5,14,17H2,1,3-4H3. The number of hydrogen-bond acceptors (Lipinski definition) is 5. The Morgan fingerprint density at radius 1 is 1.12 bits per heavy atom. The van der Waals surface area contributed by atoms with Crippen LogP contribution < -0.4 is 9.47 Å². The topological polar surface area (TPSA) is 61.8 Å². The fraction of sp³-hybridized carbons (Fsp3) is 0.286. The number of esters is 1. The van der Waals surface area contributed by atoms with Crippen LogP contribution in [0.15, 0.2) is 72.8 Å². The van der Waals surface area contributed by atoms with Gasteiger partial charge in [0.15, 0.2) is 5.78 Å². The van der Waals surface area contributed by atoms with Gasteiger partial charge in [0.2, 0.25) is 6.29 Å².